The van der Waals surface area contributed by atoms with E-state index in [0.29, 0.717) is 23.9 Å². The number of nitrogens with zero attached hydrogens (tertiary/aromatic N) is 2. The monoisotopic (exact) mass is 343 g/mol. The maximum Gasteiger partial charge on any atom is 0.407 e. The molecule has 1 amide bonds. The van der Waals surface area contributed by atoms with Gasteiger partial charge in [-0.1, -0.05) is 11.2 Å². The molecule has 0 spiro atoms. The molecule has 1 aromatic heterocycles. The van der Waals surface area contributed by atoms with Crippen molar-refractivity contribution < 1.29 is 19.1 Å². The highest BCUT2D eigenvalue weighted by Crippen LogP contribution is 2.18. The fourth-order valence-corrected chi connectivity index (χ4v) is 2.02. The number of hydrogen-bond acceptors (Lipinski definition) is 6. The van der Waals surface area contributed by atoms with E-state index < -0.39 is 6.09 Å². The lowest BCUT2D eigenvalue weighted by Crippen LogP contribution is -2.22. The second-order valence-corrected chi connectivity index (χ2v) is 5.29. The van der Waals surface area contributed by atoms with Gasteiger partial charge in [0.2, 0.25) is 5.88 Å². The van der Waals surface area contributed by atoms with Crippen molar-refractivity contribution >= 4 is 11.8 Å². The third-order valence-electron chi connectivity index (χ3n) is 3.58. The first-order valence-corrected chi connectivity index (χ1v) is 7.67. The van der Waals surface area contributed by atoms with Crippen LogP contribution in [0.15, 0.2) is 41.7 Å². The molecule has 25 heavy (non-hydrogen) atoms. The lowest BCUT2D eigenvalue weighted by atomic mass is 10.1. The fourth-order valence-electron chi connectivity index (χ4n) is 2.02. The van der Waals surface area contributed by atoms with Gasteiger partial charge in [0.1, 0.15) is 0 Å². The molecule has 0 bridgehead atoms. The van der Waals surface area contributed by atoms with E-state index in [0.717, 1.165) is 16.7 Å². The standard InChI is InChI=1S/C18H21N3O4/c1-12-5-7-16(9-15(12)11-20-18(22)24-4)25-21-13(2)14-6-8-17(23-3)19-10-14/h5-10H,11H2,1-4H3,(H,20,22)/b21-13+. The predicted molar refractivity (Wildman–Crippen MR) is 94.1 cm³/mol. The zero-order valence-corrected chi connectivity index (χ0v) is 14.7. The number of pyridine rings is 1. The van der Waals surface area contributed by atoms with Gasteiger partial charge >= 0.3 is 6.09 Å². The maximum atomic E-state index is 11.2. The Hall–Kier alpha value is -3.09. The topological polar surface area (TPSA) is 82.0 Å². The Morgan fingerprint density at radius 2 is 2.04 bits per heavy atom. The van der Waals surface area contributed by atoms with E-state index in [9.17, 15) is 4.79 Å². The number of hydrogen-bond donors (Lipinski definition) is 1. The summed E-state index contributed by atoms with van der Waals surface area (Å²) in [4.78, 5) is 20.8. The molecule has 0 aliphatic heterocycles. The minimum absolute atomic E-state index is 0.348. The van der Waals surface area contributed by atoms with Gasteiger partial charge in [0.15, 0.2) is 5.75 Å². The van der Waals surface area contributed by atoms with Gasteiger partial charge in [0.05, 0.1) is 19.9 Å². The van der Waals surface area contributed by atoms with Gasteiger partial charge in [-0.05, 0) is 43.2 Å². The van der Waals surface area contributed by atoms with E-state index in [1.54, 1.807) is 19.4 Å². The molecule has 0 atom stereocenters. The number of aromatic nitrogens is 1. The number of carbonyl (C=O) groups is 1. The van der Waals surface area contributed by atoms with Gasteiger partial charge in [0.25, 0.3) is 0 Å². The predicted octanol–water partition coefficient (Wildman–Crippen LogP) is 3.06. The van der Waals surface area contributed by atoms with Crippen molar-refractivity contribution in [2.75, 3.05) is 14.2 Å². The van der Waals surface area contributed by atoms with Crippen molar-refractivity contribution in [2.45, 2.75) is 20.4 Å². The van der Waals surface area contributed by atoms with Crippen LogP contribution in [0.1, 0.15) is 23.6 Å². The highest BCUT2D eigenvalue weighted by Gasteiger charge is 2.05. The summed E-state index contributed by atoms with van der Waals surface area (Å²) in [5.41, 5.74) is 3.47. The van der Waals surface area contributed by atoms with Crippen LogP contribution in [-0.2, 0) is 11.3 Å². The van der Waals surface area contributed by atoms with Crippen LogP contribution in [0.3, 0.4) is 0 Å². The van der Waals surface area contributed by atoms with Gasteiger partial charge in [-0.15, -0.1) is 0 Å². The Bertz CT molecular complexity index is 757. The minimum atomic E-state index is -0.480. The average molecular weight is 343 g/mol. The average Bonchev–Trinajstić information content (AvgIpc) is 2.65. The molecule has 2 aromatic rings. The minimum Gasteiger partial charge on any atom is -0.481 e. The van der Waals surface area contributed by atoms with E-state index in [4.69, 9.17) is 9.57 Å². The van der Waals surface area contributed by atoms with E-state index in [2.05, 4.69) is 20.2 Å². The fraction of sp³-hybridized carbons (Fsp3) is 0.278. The van der Waals surface area contributed by atoms with Gasteiger partial charge in [-0.25, -0.2) is 9.78 Å². The molecule has 0 unspecified atom stereocenters. The number of carbonyl (C=O) groups excluding carboxylic acids is 1. The number of oxime groups is 1. The molecule has 0 saturated carbocycles. The first-order chi connectivity index (χ1) is 12.0. The highest BCUT2D eigenvalue weighted by molar-refractivity contribution is 5.98. The summed E-state index contributed by atoms with van der Waals surface area (Å²) >= 11 is 0. The SMILES string of the molecule is COC(=O)NCc1cc(O/N=C(\C)c2ccc(OC)nc2)ccc1C. The molecule has 0 radical (unpaired) electrons. The molecule has 0 fully saturated rings. The van der Waals surface area contributed by atoms with Crippen LogP contribution in [0.2, 0.25) is 0 Å². The number of amides is 1. The molecule has 0 aliphatic carbocycles. The third kappa shape index (κ3) is 5.20. The van der Waals surface area contributed by atoms with Crippen LogP contribution in [0.25, 0.3) is 0 Å². The largest absolute Gasteiger partial charge is 0.481 e. The van der Waals surface area contributed by atoms with Crippen LogP contribution in [0, 0.1) is 6.92 Å². The molecule has 0 saturated heterocycles. The molecule has 2 rings (SSSR count). The van der Waals surface area contributed by atoms with E-state index >= 15 is 0 Å². The number of benzene rings is 1. The summed E-state index contributed by atoms with van der Waals surface area (Å²) in [6.07, 6.45) is 1.19. The van der Waals surface area contributed by atoms with Crippen LogP contribution in [0.4, 0.5) is 4.79 Å². The number of rotatable bonds is 6. The summed E-state index contributed by atoms with van der Waals surface area (Å²) in [5.74, 6) is 1.12. The molecule has 1 N–H and O–H groups in total. The zero-order chi connectivity index (χ0) is 18.2. The molecule has 1 aromatic carbocycles. The Morgan fingerprint density at radius 3 is 2.68 bits per heavy atom. The van der Waals surface area contributed by atoms with Crippen molar-refractivity contribution in [1.82, 2.24) is 10.3 Å². The second kappa shape index (κ2) is 8.68. The number of methoxy groups -OCH3 is 2. The molecule has 7 nitrogen and oxygen atoms in total. The molecule has 132 valence electrons. The van der Waals surface area contributed by atoms with Crippen LogP contribution in [-0.4, -0.2) is 31.0 Å². The lowest BCUT2D eigenvalue weighted by molar-refractivity contribution is 0.170. The molecule has 7 heteroatoms. The van der Waals surface area contributed by atoms with Crippen molar-refractivity contribution in [1.29, 1.82) is 0 Å². The summed E-state index contributed by atoms with van der Waals surface area (Å²) < 4.78 is 9.60. The molecule has 0 aliphatic rings. The quantitative estimate of drug-likeness (QED) is 0.644. The van der Waals surface area contributed by atoms with Crippen LogP contribution >= 0.6 is 0 Å². The number of ether oxygens (including phenoxy) is 2. The van der Waals surface area contributed by atoms with Crippen molar-refractivity contribution in [3.05, 3.63) is 53.2 Å². The van der Waals surface area contributed by atoms with Gasteiger partial charge in [-0.2, -0.15) is 0 Å². The molecular weight excluding hydrogens is 322 g/mol. The Balaban J connectivity index is 2.07. The van der Waals surface area contributed by atoms with Gasteiger partial charge in [-0.3, -0.25) is 0 Å². The van der Waals surface area contributed by atoms with E-state index in [-0.39, 0.29) is 0 Å². The number of aryl methyl sites for hydroxylation is 1. The Morgan fingerprint density at radius 1 is 1.24 bits per heavy atom. The van der Waals surface area contributed by atoms with E-state index in [1.807, 2.05) is 38.1 Å². The van der Waals surface area contributed by atoms with Crippen LogP contribution < -0.4 is 14.9 Å². The third-order valence-corrected chi connectivity index (χ3v) is 3.58. The highest BCUT2D eigenvalue weighted by atomic mass is 16.6. The maximum absolute atomic E-state index is 11.2. The van der Waals surface area contributed by atoms with E-state index in [1.165, 1.54) is 7.11 Å². The number of nitrogens with one attached hydrogen (secondary N) is 1. The van der Waals surface area contributed by atoms with Crippen molar-refractivity contribution in [3.63, 3.8) is 0 Å². The molecular formula is C18H21N3O4. The summed E-state index contributed by atoms with van der Waals surface area (Å²) in [5, 5.41) is 6.77. The summed E-state index contributed by atoms with van der Waals surface area (Å²) in [7, 11) is 2.89. The lowest BCUT2D eigenvalue weighted by Gasteiger charge is -2.09. The normalized spacial score (nSPS) is 11.0. The second-order valence-electron chi connectivity index (χ2n) is 5.29. The smallest absolute Gasteiger partial charge is 0.407 e. The van der Waals surface area contributed by atoms with Crippen LogP contribution in [0.5, 0.6) is 11.6 Å². The number of alkyl carbamates (subject to hydrolysis) is 1. The zero-order valence-electron chi connectivity index (χ0n) is 14.7. The van der Waals surface area contributed by atoms with Gasteiger partial charge in [0, 0.05) is 24.4 Å². The van der Waals surface area contributed by atoms with Crippen molar-refractivity contribution in [3.8, 4) is 11.6 Å². The first-order valence-electron chi connectivity index (χ1n) is 7.67. The van der Waals surface area contributed by atoms with Crippen molar-refractivity contribution in [2.24, 2.45) is 5.16 Å². The van der Waals surface area contributed by atoms with Gasteiger partial charge < -0.3 is 19.6 Å². The molecule has 1 heterocycles. The Kier molecular flexibility index (Phi) is 6.33. The Labute approximate surface area is 146 Å². The summed E-state index contributed by atoms with van der Waals surface area (Å²) in [6, 6.07) is 9.17. The first kappa shape index (κ1) is 18.3. The summed E-state index contributed by atoms with van der Waals surface area (Å²) in [6.45, 7) is 4.13.